The molecule has 0 fully saturated rings. The lowest BCUT2D eigenvalue weighted by Gasteiger charge is -2.28. The Morgan fingerprint density at radius 1 is 0.346 bits per heavy atom. The minimum Gasteiger partial charge on any atom is -0.359 e. The molecule has 0 spiro atoms. The van der Waals surface area contributed by atoms with Crippen molar-refractivity contribution in [3.63, 3.8) is 0 Å². The number of fused-ring (bicyclic) bond motifs is 5. The zero-order valence-electron chi connectivity index (χ0n) is 44.3. The molecule has 1 unspecified atom stereocenters. The Morgan fingerprint density at radius 2 is 0.827 bits per heavy atom. The van der Waals surface area contributed by atoms with Crippen LogP contribution < -0.4 is 15.1 Å². The number of nitrogens with zero attached hydrogens (tertiary/aromatic N) is 4. The van der Waals surface area contributed by atoms with E-state index in [1.54, 1.807) is 0 Å². The maximum absolute atomic E-state index is 5.26. The van der Waals surface area contributed by atoms with E-state index in [0.717, 1.165) is 101 Å². The van der Waals surface area contributed by atoms with Crippen molar-refractivity contribution in [3.05, 3.63) is 315 Å². The lowest BCUT2D eigenvalue weighted by molar-refractivity contribution is 0.828. The van der Waals surface area contributed by atoms with Gasteiger partial charge < -0.3 is 15.1 Å². The third-order valence-corrected chi connectivity index (χ3v) is 16.0. The zero-order valence-corrected chi connectivity index (χ0v) is 44.3. The van der Waals surface area contributed by atoms with E-state index < -0.39 is 0 Å². The molecule has 0 saturated carbocycles. The van der Waals surface area contributed by atoms with Gasteiger partial charge in [0.05, 0.1) is 28.1 Å². The first-order valence-corrected chi connectivity index (χ1v) is 27.7. The van der Waals surface area contributed by atoms with Crippen LogP contribution in [0.1, 0.15) is 11.7 Å². The molecule has 13 aromatic carbocycles. The zero-order chi connectivity index (χ0) is 53.6. The van der Waals surface area contributed by atoms with Crippen molar-refractivity contribution in [1.82, 2.24) is 9.55 Å². The number of para-hydroxylation sites is 2. The van der Waals surface area contributed by atoms with Crippen LogP contribution in [0, 0.1) is 0 Å². The number of nitrogens with one attached hydrogen (secondary N) is 1. The van der Waals surface area contributed by atoms with Crippen molar-refractivity contribution < 1.29 is 0 Å². The summed E-state index contributed by atoms with van der Waals surface area (Å²) in [6.45, 7) is 0. The number of hydrogen-bond donors (Lipinski definition) is 1. The summed E-state index contributed by atoms with van der Waals surface area (Å²) in [5.74, 6) is 0.924. The molecule has 81 heavy (non-hydrogen) atoms. The van der Waals surface area contributed by atoms with Gasteiger partial charge in [-0.25, -0.2) is 4.98 Å². The number of benzene rings is 13. The molecule has 5 heteroatoms. The molecule has 382 valence electrons. The normalized spacial score (nSPS) is 12.9. The second-order valence-corrected chi connectivity index (χ2v) is 20.8. The Bertz CT molecular complexity index is 4590. The Balaban J connectivity index is 0.762. The molecule has 0 radical (unpaired) electrons. The molecule has 1 N–H and O–H groups in total. The van der Waals surface area contributed by atoms with E-state index in [-0.39, 0.29) is 6.17 Å². The molecule has 1 aromatic heterocycles. The molecule has 1 aliphatic heterocycles. The molecule has 5 nitrogen and oxygen atoms in total. The highest BCUT2D eigenvalue weighted by Crippen LogP contribution is 2.48. The van der Waals surface area contributed by atoms with E-state index in [1.165, 1.54) is 32.7 Å². The highest BCUT2D eigenvalue weighted by molar-refractivity contribution is 6.14. The Labute approximate surface area is 471 Å². The van der Waals surface area contributed by atoms with Gasteiger partial charge in [-0.3, -0.25) is 4.57 Å². The van der Waals surface area contributed by atoms with Crippen molar-refractivity contribution in [3.8, 4) is 61.6 Å². The Hall–Kier alpha value is -10.8. The summed E-state index contributed by atoms with van der Waals surface area (Å²) in [7, 11) is 0. The molecule has 0 aliphatic carbocycles. The topological polar surface area (TPSA) is 36.3 Å². The van der Waals surface area contributed by atoms with Gasteiger partial charge in [0.15, 0.2) is 0 Å². The van der Waals surface area contributed by atoms with Crippen molar-refractivity contribution in [2.24, 2.45) is 0 Å². The van der Waals surface area contributed by atoms with Gasteiger partial charge in [0, 0.05) is 33.7 Å². The first-order valence-electron chi connectivity index (χ1n) is 27.7. The lowest BCUT2D eigenvalue weighted by atomic mass is 9.97. The predicted molar refractivity (Wildman–Crippen MR) is 339 cm³/mol. The van der Waals surface area contributed by atoms with Crippen LogP contribution >= 0.6 is 0 Å². The maximum Gasteiger partial charge on any atom is 0.145 e. The van der Waals surface area contributed by atoms with Crippen molar-refractivity contribution in [1.29, 1.82) is 0 Å². The summed E-state index contributed by atoms with van der Waals surface area (Å²) in [4.78, 5) is 10.1. The second-order valence-electron chi connectivity index (χ2n) is 20.8. The van der Waals surface area contributed by atoms with E-state index in [4.69, 9.17) is 4.98 Å². The number of hydrogen-bond acceptors (Lipinski definition) is 4. The predicted octanol–water partition coefficient (Wildman–Crippen LogP) is 20.4. The van der Waals surface area contributed by atoms with E-state index in [0.29, 0.717) is 0 Å². The molecule has 0 bridgehead atoms. The third kappa shape index (κ3) is 8.74. The third-order valence-electron chi connectivity index (χ3n) is 16.0. The Morgan fingerprint density at radius 3 is 1.47 bits per heavy atom. The standard InChI is InChI=1S/C76H53N5/c1-5-19-54(20-6-1)75-77-70-49-60(39-45-72(70)80(75)63-28-9-3-10-29-63)58-26-17-24-56(47-58)52-35-41-65(42-36-52)79(74-51-62-23-13-14-32-67(62)68-33-15-16-34-69(68)74)66-43-37-53(38-44-66)57-25-18-27-59(48-57)61-40-46-73-71(50-61)78-76(55-21-7-2-8-22-55)81(73)64-30-11-4-12-31-64/h1-51,75,77H. The molecule has 15 rings (SSSR count). The van der Waals surface area contributed by atoms with Crippen LogP contribution in [0.25, 0.3) is 94.2 Å². The van der Waals surface area contributed by atoms with Gasteiger partial charge in [0.1, 0.15) is 12.0 Å². The fourth-order valence-electron chi connectivity index (χ4n) is 12.0. The monoisotopic (exact) mass is 1040 g/mol. The van der Waals surface area contributed by atoms with Gasteiger partial charge in [-0.05, 0) is 157 Å². The minimum absolute atomic E-state index is 0.0214. The number of aromatic nitrogens is 2. The first kappa shape index (κ1) is 47.5. The molecule has 1 atom stereocenters. The summed E-state index contributed by atoms with van der Waals surface area (Å²) >= 11 is 0. The number of anilines is 6. The van der Waals surface area contributed by atoms with Gasteiger partial charge in [-0.2, -0.15) is 0 Å². The second kappa shape index (κ2) is 20.2. The van der Waals surface area contributed by atoms with Gasteiger partial charge >= 0.3 is 0 Å². The lowest BCUT2D eigenvalue weighted by Crippen LogP contribution is -2.23. The maximum atomic E-state index is 5.26. The molecular formula is C76H53N5. The fourth-order valence-corrected chi connectivity index (χ4v) is 12.0. The largest absolute Gasteiger partial charge is 0.359 e. The van der Waals surface area contributed by atoms with Crippen LogP contribution in [0.5, 0.6) is 0 Å². The summed E-state index contributed by atoms with van der Waals surface area (Å²) < 4.78 is 2.26. The molecule has 0 saturated heterocycles. The summed E-state index contributed by atoms with van der Waals surface area (Å²) in [5.41, 5.74) is 21.3. The SMILES string of the molecule is c1ccc(-c2nc3cc(-c4cccc(-c5ccc(N(c6ccc(-c7cccc(-c8ccc9c(c8)NC(c8ccccc8)N9c8ccccc8)c7)cc6)c6cc7ccccc7c7ccccc67)cc5)c4)ccc3n2-c2ccccc2)cc1. The molecule has 14 aromatic rings. The quantitative estimate of drug-likeness (QED) is 0.131. The molecule has 0 amide bonds. The first-order chi connectivity index (χ1) is 40.1. The molecule has 2 heterocycles. The fraction of sp³-hybridized carbons (Fsp3) is 0.0132. The van der Waals surface area contributed by atoms with E-state index in [1.807, 2.05) is 6.07 Å². The van der Waals surface area contributed by atoms with Gasteiger partial charge in [0.25, 0.3) is 0 Å². The van der Waals surface area contributed by atoms with Crippen molar-refractivity contribution >= 4 is 66.7 Å². The van der Waals surface area contributed by atoms with Crippen molar-refractivity contribution in [2.45, 2.75) is 6.17 Å². The average Bonchev–Trinajstić information content (AvgIpc) is 4.24. The van der Waals surface area contributed by atoms with Gasteiger partial charge in [0.2, 0.25) is 0 Å². The van der Waals surface area contributed by atoms with Crippen LogP contribution in [0.4, 0.5) is 34.1 Å². The number of imidazole rings is 1. The highest BCUT2D eigenvalue weighted by atomic mass is 15.3. The van der Waals surface area contributed by atoms with E-state index in [2.05, 4.69) is 323 Å². The van der Waals surface area contributed by atoms with Crippen LogP contribution in [-0.4, -0.2) is 9.55 Å². The molecular weight excluding hydrogens is 983 g/mol. The number of rotatable bonds is 11. The minimum atomic E-state index is -0.0214. The van der Waals surface area contributed by atoms with Gasteiger partial charge in [-0.15, -0.1) is 0 Å². The van der Waals surface area contributed by atoms with Crippen molar-refractivity contribution in [2.75, 3.05) is 15.1 Å². The Kier molecular flexibility index (Phi) is 11.9. The smallest absolute Gasteiger partial charge is 0.145 e. The van der Waals surface area contributed by atoms with Crippen LogP contribution in [0.3, 0.4) is 0 Å². The highest BCUT2D eigenvalue weighted by Gasteiger charge is 2.31. The summed E-state index contributed by atoms with van der Waals surface area (Å²) in [6.07, 6.45) is -0.0214. The van der Waals surface area contributed by atoms with E-state index in [9.17, 15) is 0 Å². The summed E-state index contributed by atoms with van der Waals surface area (Å²) in [6, 6.07) is 112. The average molecular weight is 1040 g/mol. The summed E-state index contributed by atoms with van der Waals surface area (Å²) in [5, 5.41) is 8.73. The van der Waals surface area contributed by atoms with Crippen LogP contribution in [0.2, 0.25) is 0 Å². The van der Waals surface area contributed by atoms with Crippen LogP contribution in [-0.2, 0) is 0 Å². The molecule has 1 aliphatic rings. The van der Waals surface area contributed by atoms with E-state index >= 15 is 0 Å². The van der Waals surface area contributed by atoms with Crippen LogP contribution in [0.15, 0.2) is 309 Å². The van der Waals surface area contributed by atoms with Gasteiger partial charge in [-0.1, -0.05) is 218 Å².